The molecule has 1 aromatic carbocycles. The molecule has 36 heavy (non-hydrogen) atoms. The Kier molecular flexibility index (Phi) is 8.16. The molecule has 4 rings (SSSR count). The number of halogens is 1. The van der Waals surface area contributed by atoms with Crippen LogP contribution in [0.1, 0.15) is 46.3 Å². The van der Waals surface area contributed by atoms with Crippen LogP contribution in [-0.4, -0.2) is 35.3 Å². The van der Waals surface area contributed by atoms with E-state index in [9.17, 15) is 14.0 Å². The molecule has 1 unspecified atom stereocenters. The van der Waals surface area contributed by atoms with Gasteiger partial charge in [0, 0.05) is 58.2 Å². The predicted molar refractivity (Wildman–Crippen MR) is 146 cm³/mol. The van der Waals surface area contributed by atoms with E-state index in [1.165, 1.54) is 17.4 Å². The molecule has 0 spiro atoms. The molecule has 2 aromatic heterocycles. The van der Waals surface area contributed by atoms with E-state index in [4.69, 9.17) is 0 Å². The van der Waals surface area contributed by atoms with Crippen LogP contribution in [0.15, 0.2) is 66.6 Å². The van der Waals surface area contributed by atoms with Crippen molar-refractivity contribution in [2.45, 2.75) is 33.1 Å². The second-order valence-corrected chi connectivity index (χ2v) is 11.4. The van der Waals surface area contributed by atoms with Gasteiger partial charge < -0.3 is 10.2 Å². The Balaban J connectivity index is 1.59. The minimum absolute atomic E-state index is 0.00888. The number of thiophene rings is 1. The predicted octanol–water partition coefficient (Wildman–Crippen LogP) is 7.06. The normalized spacial score (nSPS) is 16.8. The fraction of sp³-hybridized carbons (Fsp3) is 0.321. The van der Waals surface area contributed by atoms with Crippen molar-refractivity contribution < 1.29 is 14.0 Å². The molecular weight excluding hydrogens is 493 g/mol. The van der Waals surface area contributed by atoms with Crippen molar-refractivity contribution in [3.05, 3.63) is 82.0 Å². The third-order valence-corrected chi connectivity index (χ3v) is 8.59. The summed E-state index contributed by atoms with van der Waals surface area (Å²) in [6.07, 6.45) is 7.22. The molecule has 0 saturated heterocycles. The lowest BCUT2D eigenvalue weighted by molar-refractivity contribution is -0.120. The van der Waals surface area contributed by atoms with E-state index < -0.39 is 5.92 Å². The number of anilines is 1. The molecule has 5 nitrogen and oxygen atoms in total. The Hall–Kier alpha value is -3.10. The number of rotatable bonds is 8. The van der Waals surface area contributed by atoms with E-state index in [1.807, 2.05) is 63.2 Å². The Bertz CT molecular complexity index is 1290. The number of carbonyl (C=O) groups excluding carboxylic acids is 2. The first-order chi connectivity index (χ1) is 17.3. The van der Waals surface area contributed by atoms with Crippen molar-refractivity contribution >= 4 is 39.6 Å². The Morgan fingerprint density at radius 3 is 2.58 bits per heavy atom. The molecule has 0 aliphatic heterocycles. The summed E-state index contributed by atoms with van der Waals surface area (Å²) in [6, 6.07) is 11.7. The summed E-state index contributed by atoms with van der Waals surface area (Å²) >= 11 is 3.04. The maximum atomic E-state index is 14.3. The highest BCUT2D eigenvalue weighted by atomic mass is 32.1. The summed E-state index contributed by atoms with van der Waals surface area (Å²) in [5.74, 6) is -1.04. The van der Waals surface area contributed by atoms with Gasteiger partial charge >= 0.3 is 0 Å². The van der Waals surface area contributed by atoms with Crippen molar-refractivity contribution in [2.24, 2.45) is 11.8 Å². The van der Waals surface area contributed by atoms with Gasteiger partial charge in [-0.15, -0.1) is 22.7 Å². The average molecular weight is 524 g/mol. The lowest BCUT2D eigenvalue weighted by Crippen LogP contribution is -2.29. The van der Waals surface area contributed by atoms with Crippen LogP contribution in [0.5, 0.6) is 0 Å². The van der Waals surface area contributed by atoms with Gasteiger partial charge in [0.15, 0.2) is 5.13 Å². The van der Waals surface area contributed by atoms with Crippen LogP contribution in [0.25, 0.3) is 10.4 Å². The molecule has 1 N–H and O–H groups in total. The van der Waals surface area contributed by atoms with Gasteiger partial charge in [0.25, 0.3) is 5.91 Å². The first-order valence-corrected chi connectivity index (χ1v) is 13.6. The highest BCUT2D eigenvalue weighted by Crippen LogP contribution is 2.43. The number of nitrogens with zero attached hydrogens (tertiary/aromatic N) is 2. The molecule has 3 aromatic rings. The quantitative estimate of drug-likeness (QED) is 0.344. The van der Waals surface area contributed by atoms with E-state index >= 15 is 0 Å². The molecule has 2 amide bonds. The minimum atomic E-state index is -0.397. The third kappa shape index (κ3) is 5.82. The monoisotopic (exact) mass is 523 g/mol. The number of nitrogens with one attached hydrogen (secondary N) is 1. The minimum Gasteiger partial charge on any atom is -0.342 e. The van der Waals surface area contributed by atoms with E-state index in [2.05, 4.69) is 10.3 Å². The molecule has 8 heteroatoms. The molecule has 1 aliphatic rings. The first kappa shape index (κ1) is 26.0. The van der Waals surface area contributed by atoms with E-state index in [0.717, 1.165) is 20.2 Å². The van der Waals surface area contributed by atoms with Crippen LogP contribution < -0.4 is 5.32 Å². The van der Waals surface area contributed by atoms with Crippen LogP contribution in [-0.2, 0) is 4.79 Å². The number of thiazole rings is 1. The maximum absolute atomic E-state index is 14.3. The van der Waals surface area contributed by atoms with Crippen LogP contribution >= 0.6 is 22.7 Å². The lowest BCUT2D eigenvalue weighted by atomic mass is 9.77. The summed E-state index contributed by atoms with van der Waals surface area (Å²) in [5, 5.41) is 3.51. The van der Waals surface area contributed by atoms with Crippen molar-refractivity contribution in [3.63, 3.8) is 0 Å². The number of amides is 2. The molecule has 0 saturated carbocycles. The molecule has 3 atom stereocenters. The molecule has 0 bridgehead atoms. The van der Waals surface area contributed by atoms with Gasteiger partial charge in [0.1, 0.15) is 5.83 Å². The van der Waals surface area contributed by atoms with Crippen molar-refractivity contribution in [3.8, 4) is 10.4 Å². The molecule has 0 fully saturated rings. The van der Waals surface area contributed by atoms with Crippen LogP contribution in [0, 0.1) is 18.8 Å². The van der Waals surface area contributed by atoms with Gasteiger partial charge in [0.2, 0.25) is 5.91 Å². The van der Waals surface area contributed by atoms with Gasteiger partial charge in [-0.25, -0.2) is 9.37 Å². The number of carbonyl (C=O) groups is 2. The van der Waals surface area contributed by atoms with Gasteiger partial charge in [-0.2, -0.15) is 0 Å². The van der Waals surface area contributed by atoms with Crippen LogP contribution in [0.2, 0.25) is 0 Å². The van der Waals surface area contributed by atoms with Crippen molar-refractivity contribution in [2.75, 3.05) is 18.9 Å². The van der Waals surface area contributed by atoms with Crippen LogP contribution in [0.3, 0.4) is 0 Å². The number of aromatic nitrogens is 1. The summed E-state index contributed by atoms with van der Waals surface area (Å²) in [7, 11) is 1.78. The van der Waals surface area contributed by atoms with Crippen molar-refractivity contribution in [1.29, 1.82) is 0 Å². The molecule has 188 valence electrons. The summed E-state index contributed by atoms with van der Waals surface area (Å²) in [6.45, 7) is 6.43. The topological polar surface area (TPSA) is 62.3 Å². The summed E-state index contributed by atoms with van der Waals surface area (Å²) < 4.78 is 14.3. The Labute approximate surface area is 219 Å². The summed E-state index contributed by atoms with van der Waals surface area (Å²) in [5.41, 5.74) is 1.65. The van der Waals surface area contributed by atoms with Gasteiger partial charge in [-0.1, -0.05) is 31.2 Å². The van der Waals surface area contributed by atoms with Crippen molar-refractivity contribution in [1.82, 2.24) is 9.88 Å². The highest BCUT2D eigenvalue weighted by Gasteiger charge is 2.34. The van der Waals surface area contributed by atoms with E-state index in [0.29, 0.717) is 17.2 Å². The smallest absolute Gasteiger partial charge is 0.253 e. The fourth-order valence-electron chi connectivity index (χ4n) is 4.36. The number of hydrogen-bond donors (Lipinski definition) is 1. The second kappa shape index (κ2) is 11.3. The van der Waals surface area contributed by atoms with Gasteiger partial charge in [-0.3, -0.25) is 9.59 Å². The zero-order chi connectivity index (χ0) is 25.8. The second-order valence-electron chi connectivity index (χ2n) is 9.04. The van der Waals surface area contributed by atoms with E-state index in [1.54, 1.807) is 35.6 Å². The molecule has 2 heterocycles. The lowest BCUT2D eigenvalue weighted by Gasteiger charge is -2.29. The zero-order valence-corrected chi connectivity index (χ0v) is 22.5. The van der Waals surface area contributed by atoms with E-state index in [-0.39, 0.29) is 35.9 Å². The standard InChI is InChI=1S/C28H30FN3O2S2/c1-5-32(4)27(34)20-11-9-19(10-12-20)23-13-14-24(36-23)25(21-7-6-8-22(29)15-21)18(3)26(33)31-28-30-16-17(2)35-28/h6-14,16,18,21,25H,5,15H2,1-4H3,(H,30,31,33)/t18-,21?,25-/m1/s1. The van der Waals surface area contributed by atoms with Crippen LogP contribution in [0.4, 0.5) is 9.52 Å². The SMILES string of the molecule is CCN(C)C(=O)c1ccc(-c2ccc([C@@H](C3C=CC=C(F)C3)[C@@H](C)C(=O)Nc3ncc(C)s3)s2)cc1. The Morgan fingerprint density at radius 1 is 1.19 bits per heavy atom. The number of benzene rings is 1. The highest BCUT2D eigenvalue weighted by molar-refractivity contribution is 7.16. The maximum Gasteiger partial charge on any atom is 0.253 e. The average Bonchev–Trinajstić information content (AvgIpc) is 3.52. The number of allylic oxidation sites excluding steroid dienone is 4. The zero-order valence-electron chi connectivity index (χ0n) is 20.8. The molecular formula is C28H30FN3O2S2. The molecule has 0 radical (unpaired) electrons. The number of hydrogen-bond acceptors (Lipinski definition) is 5. The van der Waals surface area contributed by atoms with Gasteiger partial charge in [-0.05, 0) is 55.7 Å². The summed E-state index contributed by atoms with van der Waals surface area (Å²) in [4.78, 5) is 34.7. The first-order valence-electron chi connectivity index (χ1n) is 12.0. The third-order valence-electron chi connectivity index (χ3n) is 6.52. The van der Waals surface area contributed by atoms with Gasteiger partial charge in [0.05, 0.1) is 0 Å². The number of aryl methyl sites for hydroxylation is 1. The fourth-order valence-corrected chi connectivity index (χ4v) is 6.32. The Morgan fingerprint density at radius 2 is 1.94 bits per heavy atom. The molecule has 1 aliphatic carbocycles. The largest absolute Gasteiger partial charge is 0.342 e.